The molecule has 0 fully saturated rings. The molecule has 0 atom stereocenters. The van der Waals surface area contributed by atoms with Crippen molar-refractivity contribution in [1.29, 1.82) is 0 Å². The Morgan fingerprint density at radius 2 is 1.70 bits per heavy atom. The highest BCUT2D eigenvalue weighted by Crippen LogP contribution is 2.26. The van der Waals surface area contributed by atoms with Gasteiger partial charge in [-0.2, -0.15) is 0 Å². The molecule has 0 spiro atoms. The van der Waals surface area contributed by atoms with Gasteiger partial charge in [0, 0.05) is 21.6 Å². The number of aromatic nitrogens is 2. The topological polar surface area (TPSA) is 66.9 Å². The second kappa shape index (κ2) is 9.61. The van der Waals surface area contributed by atoms with Gasteiger partial charge in [0.25, 0.3) is 0 Å². The van der Waals surface area contributed by atoms with Crippen LogP contribution in [0.2, 0.25) is 15.1 Å². The van der Waals surface area contributed by atoms with Gasteiger partial charge in [-0.3, -0.25) is 5.32 Å². The summed E-state index contributed by atoms with van der Waals surface area (Å²) in [4.78, 5) is 12.1. The highest BCUT2D eigenvalue weighted by molar-refractivity contribution is 7.97. The average molecular weight is 460 g/mol. The Kier molecular flexibility index (Phi) is 7.20. The van der Waals surface area contributed by atoms with E-state index in [9.17, 15) is 4.79 Å². The summed E-state index contributed by atoms with van der Waals surface area (Å²) < 4.78 is 0. The smallest absolute Gasteiger partial charge is 0.306 e. The molecule has 5 nitrogen and oxygen atoms in total. The number of hydrogen-bond acceptors (Lipinski definition) is 5. The molecule has 0 aliphatic carbocycles. The first-order valence-electron chi connectivity index (χ1n) is 7.67. The number of carbonyl (C=O) groups is 1. The van der Waals surface area contributed by atoms with Gasteiger partial charge in [0.05, 0.1) is 10.7 Å². The Morgan fingerprint density at radius 3 is 2.44 bits per heavy atom. The van der Waals surface area contributed by atoms with Crippen LogP contribution < -0.4 is 10.6 Å². The fourth-order valence-electron chi connectivity index (χ4n) is 2.04. The molecule has 0 unspecified atom stereocenters. The predicted octanol–water partition coefficient (Wildman–Crippen LogP) is 6.58. The van der Waals surface area contributed by atoms with Crippen molar-refractivity contribution < 1.29 is 4.79 Å². The van der Waals surface area contributed by atoms with Gasteiger partial charge in [-0.15, -0.1) is 22.0 Å². The van der Waals surface area contributed by atoms with E-state index in [1.807, 2.05) is 24.3 Å². The van der Waals surface area contributed by atoms with Gasteiger partial charge >= 0.3 is 6.03 Å². The number of thioether (sulfide) groups is 1. The van der Waals surface area contributed by atoms with E-state index in [0.29, 0.717) is 26.6 Å². The van der Waals surface area contributed by atoms with Crippen LogP contribution in [0.5, 0.6) is 0 Å². The minimum absolute atomic E-state index is 0.356. The molecule has 10 heteroatoms. The molecule has 2 amide bonds. The molecule has 140 valence electrons. The molecule has 0 radical (unpaired) electrons. The molecule has 27 heavy (non-hydrogen) atoms. The van der Waals surface area contributed by atoms with Gasteiger partial charge in [0.2, 0.25) is 5.13 Å². The van der Waals surface area contributed by atoms with Gasteiger partial charge < -0.3 is 5.32 Å². The molecular formula is C17H13Cl3N4OS2. The first-order chi connectivity index (χ1) is 13.0. The van der Waals surface area contributed by atoms with E-state index in [2.05, 4.69) is 20.8 Å². The molecule has 2 N–H and O–H groups in total. The van der Waals surface area contributed by atoms with E-state index in [0.717, 1.165) is 15.8 Å². The van der Waals surface area contributed by atoms with E-state index >= 15 is 0 Å². The summed E-state index contributed by atoms with van der Waals surface area (Å²) in [6.07, 6.45) is 0. The van der Waals surface area contributed by atoms with Crippen LogP contribution in [0.25, 0.3) is 0 Å². The van der Waals surface area contributed by atoms with E-state index < -0.39 is 6.03 Å². The Labute approximate surface area is 179 Å². The second-order valence-electron chi connectivity index (χ2n) is 5.32. The van der Waals surface area contributed by atoms with Crippen LogP contribution in [0, 0.1) is 0 Å². The zero-order chi connectivity index (χ0) is 19.2. The fourth-order valence-corrected chi connectivity index (χ4v) is 4.40. The third kappa shape index (κ3) is 6.26. The average Bonchev–Trinajstić information content (AvgIpc) is 3.06. The lowest BCUT2D eigenvalue weighted by atomic mass is 10.2. The minimum atomic E-state index is -0.448. The molecule has 1 heterocycles. The molecule has 0 saturated heterocycles. The summed E-state index contributed by atoms with van der Waals surface area (Å²) in [5.74, 6) is 1.54. The summed E-state index contributed by atoms with van der Waals surface area (Å²) in [5.41, 5.74) is 1.65. The summed E-state index contributed by atoms with van der Waals surface area (Å²) in [6, 6.07) is 12.1. The third-order valence-corrected chi connectivity index (χ3v) is 6.11. The van der Waals surface area contributed by atoms with E-state index in [4.69, 9.17) is 34.8 Å². The standard InChI is InChI=1S/C17H13Cl3N4OS2/c18-11-3-1-10(2-4-11)8-26-9-15-23-24-17(27-15)22-16(25)21-14-6-5-12(19)7-13(14)20/h1-7H,8-9H2,(H2,21,22,24,25). The normalized spacial score (nSPS) is 10.6. The Hall–Kier alpha value is -1.51. The highest BCUT2D eigenvalue weighted by atomic mass is 35.5. The molecule has 3 aromatic rings. The number of urea groups is 1. The van der Waals surface area contributed by atoms with Crippen LogP contribution in [0.15, 0.2) is 42.5 Å². The first-order valence-corrected chi connectivity index (χ1v) is 10.8. The maximum Gasteiger partial charge on any atom is 0.325 e. The molecular weight excluding hydrogens is 447 g/mol. The van der Waals surface area contributed by atoms with Crippen molar-refractivity contribution in [3.8, 4) is 0 Å². The number of nitrogens with one attached hydrogen (secondary N) is 2. The highest BCUT2D eigenvalue weighted by Gasteiger charge is 2.10. The second-order valence-corrected chi connectivity index (χ2v) is 8.65. The van der Waals surface area contributed by atoms with Crippen LogP contribution >= 0.6 is 57.9 Å². The number of carbonyl (C=O) groups excluding carboxylic acids is 1. The Morgan fingerprint density at radius 1 is 0.963 bits per heavy atom. The maximum atomic E-state index is 12.1. The molecule has 0 saturated carbocycles. The number of halogens is 3. The van der Waals surface area contributed by atoms with Crippen LogP contribution in [-0.4, -0.2) is 16.2 Å². The lowest BCUT2D eigenvalue weighted by Crippen LogP contribution is -2.19. The molecule has 1 aromatic heterocycles. The van der Waals surface area contributed by atoms with Gasteiger partial charge in [-0.25, -0.2) is 4.79 Å². The number of benzene rings is 2. The van der Waals surface area contributed by atoms with E-state index in [1.165, 1.54) is 16.9 Å². The van der Waals surface area contributed by atoms with Crippen LogP contribution in [-0.2, 0) is 11.5 Å². The fraction of sp³-hybridized carbons (Fsp3) is 0.118. The van der Waals surface area contributed by atoms with Crippen molar-refractivity contribution in [3.63, 3.8) is 0 Å². The summed E-state index contributed by atoms with van der Waals surface area (Å²) in [7, 11) is 0. The zero-order valence-electron chi connectivity index (χ0n) is 13.7. The zero-order valence-corrected chi connectivity index (χ0v) is 17.6. The monoisotopic (exact) mass is 458 g/mol. The maximum absolute atomic E-state index is 12.1. The quantitative estimate of drug-likeness (QED) is 0.437. The van der Waals surface area contributed by atoms with Gasteiger partial charge in [0.1, 0.15) is 5.01 Å². The molecule has 2 aromatic carbocycles. The third-order valence-electron chi connectivity index (χ3n) is 3.27. The lowest BCUT2D eigenvalue weighted by Gasteiger charge is -2.07. The van der Waals surface area contributed by atoms with Crippen molar-refractivity contribution in [3.05, 3.63) is 68.1 Å². The first kappa shape index (κ1) is 20.2. The van der Waals surface area contributed by atoms with Crippen LogP contribution in [0.1, 0.15) is 10.6 Å². The predicted molar refractivity (Wildman–Crippen MR) is 115 cm³/mol. The van der Waals surface area contributed by atoms with Crippen molar-refractivity contribution in [2.75, 3.05) is 10.6 Å². The van der Waals surface area contributed by atoms with Crippen molar-refractivity contribution in [2.24, 2.45) is 0 Å². The summed E-state index contributed by atoms with van der Waals surface area (Å²) >= 11 is 20.8. The van der Waals surface area contributed by atoms with Crippen LogP contribution in [0.3, 0.4) is 0 Å². The minimum Gasteiger partial charge on any atom is -0.306 e. The summed E-state index contributed by atoms with van der Waals surface area (Å²) in [5, 5.41) is 16.2. The number of rotatable bonds is 6. The van der Waals surface area contributed by atoms with Crippen molar-refractivity contribution in [1.82, 2.24) is 10.2 Å². The van der Waals surface area contributed by atoms with E-state index in [1.54, 1.807) is 30.0 Å². The SMILES string of the molecule is O=C(Nc1nnc(CSCc2ccc(Cl)cc2)s1)Nc1ccc(Cl)cc1Cl. The lowest BCUT2D eigenvalue weighted by molar-refractivity contribution is 0.262. The number of amides is 2. The van der Waals surface area contributed by atoms with Gasteiger partial charge in [-0.1, -0.05) is 58.3 Å². The van der Waals surface area contributed by atoms with E-state index in [-0.39, 0.29) is 0 Å². The van der Waals surface area contributed by atoms with Crippen molar-refractivity contribution >= 4 is 74.8 Å². The summed E-state index contributed by atoms with van der Waals surface area (Å²) in [6.45, 7) is 0. The largest absolute Gasteiger partial charge is 0.325 e. The Bertz CT molecular complexity index is 934. The number of anilines is 2. The van der Waals surface area contributed by atoms with Gasteiger partial charge in [-0.05, 0) is 35.9 Å². The van der Waals surface area contributed by atoms with Crippen molar-refractivity contribution in [2.45, 2.75) is 11.5 Å². The Balaban J connectivity index is 1.48. The molecule has 0 aliphatic heterocycles. The number of nitrogens with zero attached hydrogens (tertiary/aromatic N) is 2. The molecule has 3 rings (SSSR count). The molecule has 0 bridgehead atoms. The van der Waals surface area contributed by atoms with Crippen LogP contribution in [0.4, 0.5) is 15.6 Å². The van der Waals surface area contributed by atoms with Gasteiger partial charge in [0.15, 0.2) is 0 Å². The molecule has 0 aliphatic rings. The number of hydrogen-bond donors (Lipinski definition) is 2.